The predicted octanol–water partition coefficient (Wildman–Crippen LogP) is 3.08. The first kappa shape index (κ1) is 13.0. The number of hydrogen-bond donors (Lipinski definition) is 1. The van der Waals surface area contributed by atoms with Gasteiger partial charge in [-0.3, -0.25) is 0 Å². The van der Waals surface area contributed by atoms with Crippen LogP contribution in [0.3, 0.4) is 0 Å². The number of hydrogen-bond acceptors (Lipinski definition) is 2. The summed E-state index contributed by atoms with van der Waals surface area (Å²) in [6.45, 7) is 3.63. The fourth-order valence-corrected chi connectivity index (χ4v) is 2.54. The van der Waals surface area contributed by atoms with Crippen LogP contribution in [0, 0.1) is 12.3 Å². The molecule has 18 heavy (non-hydrogen) atoms. The average molecular weight is 243 g/mol. The fourth-order valence-electron chi connectivity index (χ4n) is 2.54. The van der Waals surface area contributed by atoms with Crippen molar-refractivity contribution in [1.29, 1.82) is 0 Å². The van der Waals surface area contributed by atoms with Gasteiger partial charge in [-0.15, -0.1) is 6.42 Å². The van der Waals surface area contributed by atoms with E-state index in [-0.39, 0.29) is 0 Å². The van der Waals surface area contributed by atoms with Crippen molar-refractivity contribution in [2.24, 2.45) is 0 Å². The molecule has 1 aliphatic rings. The van der Waals surface area contributed by atoms with Gasteiger partial charge in [0.05, 0.1) is 0 Å². The van der Waals surface area contributed by atoms with Crippen LogP contribution in [0.15, 0.2) is 18.2 Å². The summed E-state index contributed by atoms with van der Waals surface area (Å²) in [5.41, 5.74) is 2.84. The van der Waals surface area contributed by atoms with Crippen molar-refractivity contribution in [2.45, 2.75) is 38.6 Å². The topological polar surface area (TPSA) is 21.3 Å². The maximum atomic E-state index is 5.48. The Labute approximate surface area is 110 Å². The van der Waals surface area contributed by atoms with Crippen LogP contribution in [0.1, 0.15) is 43.4 Å². The number of ether oxygens (including phenoxy) is 1. The van der Waals surface area contributed by atoms with Crippen LogP contribution in [-0.2, 0) is 6.42 Å². The van der Waals surface area contributed by atoms with Gasteiger partial charge in [0.2, 0.25) is 0 Å². The first-order valence-corrected chi connectivity index (χ1v) is 6.77. The second-order valence-corrected chi connectivity index (χ2v) is 4.75. The minimum absolute atomic E-state index is 0.344. The third-order valence-corrected chi connectivity index (χ3v) is 3.39. The van der Waals surface area contributed by atoms with E-state index in [1.165, 1.54) is 30.4 Å². The van der Waals surface area contributed by atoms with Crippen LogP contribution in [0.25, 0.3) is 0 Å². The highest BCUT2D eigenvalue weighted by Crippen LogP contribution is 2.32. The van der Waals surface area contributed by atoms with Gasteiger partial charge in [-0.25, -0.2) is 0 Å². The molecule has 2 heteroatoms. The van der Waals surface area contributed by atoms with Crippen molar-refractivity contribution in [3.05, 3.63) is 29.3 Å². The van der Waals surface area contributed by atoms with E-state index >= 15 is 0 Å². The molecule has 0 saturated heterocycles. The molecule has 0 bridgehead atoms. The number of benzene rings is 1. The Balaban J connectivity index is 2.12. The van der Waals surface area contributed by atoms with Gasteiger partial charge in [0, 0.05) is 6.04 Å². The van der Waals surface area contributed by atoms with Crippen molar-refractivity contribution < 1.29 is 4.74 Å². The lowest BCUT2D eigenvalue weighted by Gasteiger charge is -2.26. The van der Waals surface area contributed by atoms with Gasteiger partial charge < -0.3 is 10.1 Å². The van der Waals surface area contributed by atoms with E-state index in [1.54, 1.807) is 0 Å². The second-order valence-electron chi connectivity index (χ2n) is 4.75. The van der Waals surface area contributed by atoms with Crippen molar-refractivity contribution in [2.75, 3.05) is 13.2 Å². The number of terminal acetylenes is 1. The summed E-state index contributed by atoms with van der Waals surface area (Å²) in [6, 6.07) is 6.87. The van der Waals surface area contributed by atoms with Crippen LogP contribution in [0.5, 0.6) is 5.75 Å². The highest BCUT2D eigenvalue weighted by atomic mass is 16.5. The van der Waals surface area contributed by atoms with Gasteiger partial charge in [0.25, 0.3) is 0 Å². The number of fused-ring (bicyclic) bond motifs is 1. The summed E-state index contributed by atoms with van der Waals surface area (Å²) in [5, 5.41) is 3.62. The molecule has 0 saturated carbocycles. The van der Waals surface area contributed by atoms with Crippen LogP contribution in [0.2, 0.25) is 0 Å². The van der Waals surface area contributed by atoms with Gasteiger partial charge >= 0.3 is 0 Å². The van der Waals surface area contributed by atoms with Gasteiger partial charge in [-0.1, -0.05) is 18.9 Å². The van der Waals surface area contributed by atoms with Gasteiger partial charge in [0.15, 0.2) is 0 Å². The zero-order valence-corrected chi connectivity index (χ0v) is 11.0. The summed E-state index contributed by atoms with van der Waals surface area (Å²) in [6.07, 6.45) is 10.0. The monoisotopic (exact) mass is 243 g/mol. The summed E-state index contributed by atoms with van der Waals surface area (Å²) >= 11 is 0. The molecule has 0 spiro atoms. The molecule has 2 nitrogen and oxygen atoms in total. The predicted molar refractivity (Wildman–Crippen MR) is 74.7 cm³/mol. The minimum atomic E-state index is 0.344. The molecule has 0 fully saturated rings. The fraction of sp³-hybridized carbons (Fsp3) is 0.500. The second kappa shape index (κ2) is 6.47. The van der Waals surface area contributed by atoms with E-state index in [0.29, 0.717) is 12.6 Å². The van der Waals surface area contributed by atoms with Crippen LogP contribution in [0.4, 0.5) is 0 Å². The Morgan fingerprint density at radius 2 is 2.39 bits per heavy atom. The number of rotatable bonds is 5. The average Bonchev–Trinajstić information content (AvgIpc) is 2.42. The highest BCUT2D eigenvalue weighted by Gasteiger charge is 2.19. The Morgan fingerprint density at radius 1 is 1.50 bits per heavy atom. The molecular weight excluding hydrogens is 222 g/mol. The van der Waals surface area contributed by atoms with Crippen molar-refractivity contribution in [3.8, 4) is 18.1 Å². The molecule has 96 valence electrons. The van der Waals surface area contributed by atoms with Gasteiger partial charge in [-0.2, -0.15) is 0 Å². The SMILES string of the molecule is C#CCOc1ccc2c(c1)CCCC2NCCC. The zero-order chi connectivity index (χ0) is 12.8. The summed E-state index contributed by atoms with van der Waals surface area (Å²) in [5.74, 6) is 3.39. The minimum Gasteiger partial charge on any atom is -0.481 e. The summed E-state index contributed by atoms with van der Waals surface area (Å²) in [7, 11) is 0. The molecule has 1 unspecified atom stereocenters. The molecule has 0 aromatic heterocycles. The standard InChI is InChI=1S/C16H21NO/c1-3-10-17-16-7-5-6-13-12-14(18-11-4-2)8-9-15(13)16/h2,8-9,12,16-17H,3,5-7,10-11H2,1H3. The van der Waals surface area contributed by atoms with E-state index in [0.717, 1.165) is 18.7 Å². The van der Waals surface area contributed by atoms with Crippen LogP contribution >= 0.6 is 0 Å². The first-order valence-electron chi connectivity index (χ1n) is 6.77. The molecule has 2 rings (SSSR count). The quantitative estimate of drug-likeness (QED) is 0.802. The normalized spacial score (nSPS) is 17.9. The summed E-state index contributed by atoms with van der Waals surface area (Å²) in [4.78, 5) is 0. The molecule has 0 aliphatic heterocycles. The van der Waals surface area contributed by atoms with E-state index in [9.17, 15) is 0 Å². The largest absolute Gasteiger partial charge is 0.481 e. The Bertz CT molecular complexity index is 433. The molecule has 0 radical (unpaired) electrons. The van der Waals surface area contributed by atoms with E-state index < -0.39 is 0 Å². The number of aryl methyl sites for hydroxylation is 1. The Hall–Kier alpha value is -1.46. The molecule has 1 aromatic rings. The third kappa shape index (κ3) is 3.05. The maximum Gasteiger partial charge on any atom is 0.148 e. The van der Waals surface area contributed by atoms with Crippen molar-refractivity contribution >= 4 is 0 Å². The molecule has 1 aliphatic carbocycles. The Kier molecular flexibility index (Phi) is 4.66. The molecule has 1 aromatic carbocycles. The third-order valence-electron chi connectivity index (χ3n) is 3.39. The van der Waals surface area contributed by atoms with Gasteiger partial charge in [-0.05, 0) is 55.5 Å². The Morgan fingerprint density at radius 3 is 3.17 bits per heavy atom. The zero-order valence-electron chi connectivity index (χ0n) is 11.0. The molecule has 1 atom stereocenters. The first-order chi connectivity index (χ1) is 8.85. The molecule has 0 heterocycles. The van der Waals surface area contributed by atoms with Gasteiger partial charge in [0.1, 0.15) is 12.4 Å². The molecule has 1 N–H and O–H groups in total. The summed E-state index contributed by atoms with van der Waals surface area (Å²) < 4.78 is 5.48. The highest BCUT2D eigenvalue weighted by molar-refractivity contribution is 5.39. The smallest absolute Gasteiger partial charge is 0.148 e. The lowest BCUT2D eigenvalue weighted by Crippen LogP contribution is -2.25. The number of nitrogens with one attached hydrogen (secondary N) is 1. The lowest BCUT2D eigenvalue weighted by molar-refractivity contribution is 0.368. The van der Waals surface area contributed by atoms with Crippen LogP contribution in [-0.4, -0.2) is 13.2 Å². The van der Waals surface area contributed by atoms with E-state index in [2.05, 4.69) is 30.3 Å². The van der Waals surface area contributed by atoms with Crippen LogP contribution < -0.4 is 10.1 Å². The lowest BCUT2D eigenvalue weighted by atomic mass is 9.87. The molecule has 0 amide bonds. The molecular formula is C16H21NO. The van der Waals surface area contributed by atoms with Crippen molar-refractivity contribution in [3.63, 3.8) is 0 Å². The van der Waals surface area contributed by atoms with E-state index in [4.69, 9.17) is 11.2 Å². The van der Waals surface area contributed by atoms with Crippen molar-refractivity contribution in [1.82, 2.24) is 5.32 Å². The van der Waals surface area contributed by atoms with E-state index in [1.807, 2.05) is 6.07 Å². The maximum absolute atomic E-state index is 5.48.